The Hall–Kier alpha value is -4.97. The average Bonchev–Trinajstić information content (AvgIpc) is 3.49. The van der Waals surface area contributed by atoms with Gasteiger partial charge in [0.2, 0.25) is 0 Å². The van der Waals surface area contributed by atoms with E-state index >= 15 is 0 Å². The van der Waals surface area contributed by atoms with E-state index in [9.17, 15) is 0 Å². The largest absolute Gasteiger partial charge is 0.494 e. The van der Waals surface area contributed by atoms with Crippen molar-refractivity contribution in [3.05, 3.63) is 186 Å². The zero-order valence-electron chi connectivity index (χ0n) is 35.8. The molecule has 0 spiro atoms. The van der Waals surface area contributed by atoms with Crippen molar-refractivity contribution < 1.29 is 29.4 Å². The first-order chi connectivity index (χ1) is 28.5. The van der Waals surface area contributed by atoms with Crippen molar-refractivity contribution in [2.75, 3.05) is 0 Å². The molecule has 0 atom stereocenters. The number of rotatable bonds is 12. The molecule has 6 heteroatoms. The first-order valence-electron chi connectivity index (χ1n) is 21.0. The minimum atomic E-state index is -0.302. The monoisotopic (exact) mass is 967 g/mol. The van der Waals surface area contributed by atoms with E-state index in [-0.39, 0.29) is 38.4 Å². The molecule has 0 bridgehead atoms. The fourth-order valence-corrected chi connectivity index (χ4v) is 7.36. The molecule has 1 radical (unpaired) electrons. The maximum atomic E-state index is 6.18. The predicted molar refractivity (Wildman–Crippen MR) is 245 cm³/mol. The minimum Gasteiger partial charge on any atom is -0.399 e. The summed E-state index contributed by atoms with van der Waals surface area (Å²) in [4.78, 5) is 8.85. The van der Waals surface area contributed by atoms with Gasteiger partial charge in [-0.15, -0.1) is 70.8 Å². The number of nitrogens with zero attached hydrogens (tertiary/aromatic N) is 2. The van der Waals surface area contributed by atoms with Gasteiger partial charge in [0, 0.05) is 32.5 Å². The summed E-state index contributed by atoms with van der Waals surface area (Å²) >= 11 is 0. The fraction of sp³-hybridized carbons (Fsp3) is 0.259. The van der Waals surface area contributed by atoms with Crippen LogP contribution < -0.4 is 5.46 Å². The number of pyridine rings is 2. The first kappa shape index (κ1) is 44.6. The van der Waals surface area contributed by atoms with Gasteiger partial charge >= 0.3 is 7.12 Å². The second-order valence-corrected chi connectivity index (χ2v) is 16.7. The molecule has 3 heterocycles. The summed E-state index contributed by atoms with van der Waals surface area (Å²) in [6, 6.07) is 55.3. The molecule has 1 aliphatic rings. The van der Waals surface area contributed by atoms with Crippen LogP contribution in [0.2, 0.25) is 0 Å². The molecule has 0 N–H and O–H groups in total. The molecule has 2 aromatic heterocycles. The zero-order valence-corrected chi connectivity index (χ0v) is 38.2. The smallest absolute Gasteiger partial charge is 0.399 e. The molecule has 0 amide bonds. The third-order valence-electron chi connectivity index (χ3n) is 11.7. The SMILES string of the molecule is CC1(C)OB(c2ccc(CCCCCCc3ccc(-c4cc[c-]c(-c5ccccn5)c4)cc3)cc2)OC1(C)C.Cc1ccc(C)c(-c2cc[c-]c(-c3ccccn3)c2)c1.[Ir]. The molecule has 5 aromatic carbocycles. The van der Waals surface area contributed by atoms with Crippen molar-refractivity contribution in [2.45, 2.75) is 91.3 Å². The number of unbranched alkanes of at least 4 members (excludes halogenated alkanes) is 3. The van der Waals surface area contributed by atoms with Gasteiger partial charge in [0.1, 0.15) is 0 Å². The van der Waals surface area contributed by atoms with Gasteiger partial charge in [-0.2, -0.15) is 0 Å². The molecule has 307 valence electrons. The van der Waals surface area contributed by atoms with Gasteiger partial charge in [0.25, 0.3) is 0 Å². The molecule has 0 unspecified atom stereocenters. The average molecular weight is 967 g/mol. The summed E-state index contributed by atoms with van der Waals surface area (Å²) in [5.41, 5.74) is 14.7. The number of hydrogen-bond acceptors (Lipinski definition) is 4. The predicted octanol–water partition coefficient (Wildman–Crippen LogP) is 12.7. The Bertz CT molecular complexity index is 2400. The van der Waals surface area contributed by atoms with Crippen LogP contribution in [-0.4, -0.2) is 28.3 Å². The number of hydrogen-bond donors (Lipinski definition) is 0. The van der Waals surface area contributed by atoms with Crippen LogP contribution in [0.4, 0.5) is 0 Å². The first-order valence-corrected chi connectivity index (χ1v) is 21.0. The Morgan fingerprint density at radius 3 is 1.58 bits per heavy atom. The summed E-state index contributed by atoms with van der Waals surface area (Å²) < 4.78 is 12.4. The van der Waals surface area contributed by atoms with Gasteiger partial charge in [-0.1, -0.05) is 109 Å². The molecule has 0 saturated carbocycles. The van der Waals surface area contributed by atoms with Crippen LogP contribution in [-0.2, 0) is 42.3 Å². The Balaban J connectivity index is 0.000000241. The van der Waals surface area contributed by atoms with Crippen molar-refractivity contribution >= 4 is 12.6 Å². The van der Waals surface area contributed by atoms with E-state index in [4.69, 9.17) is 9.31 Å². The Morgan fingerprint density at radius 2 is 1.05 bits per heavy atom. The van der Waals surface area contributed by atoms with Crippen LogP contribution in [0.25, 0.3) is 44.8 Å². The molecule has 60 heavy (non-hydrogen) atoms. The van der Waals surface area contributed by atoms with Crippen molar-refractivity contribution in [3.63, 3.8) is 0 Å². The molecular weight excluding hydrogens is 912 g/mol. The second-order valence-electron chi connectivity index (χ2n) is 16.7. The van der Waals surface area contributed by atoms with Gasteiger partial charge in [-0.3, -0.25) is 0 Å². The van der Waals surface area contributed by atoms with E-state index in [1.54, 1.807) is 0 Å². The summed E-state index contributed by atoms with van der Waals surface area (Å²) in [7, 11) is -0.284. The molecule has 0 aliphatic carbocycles. The molecule has 7 aromatic rings. The zero-order chi connectivity index (χ0) is 41.2. The summed E-state index contributed by atoms with van der Waals surface area (Å²) in [6.45, 7) is 12.7. The summed E-state index contributed by atoms with van der Waals surface area (Å²) in [5, 5.41) is 0. The van der Waals surface area contributed by atoms with E-state index in [1.807, 2.05) is 60.9 Å². The van der Waals surface area contributed by atoms with Gasteiger partial charge in [0.05, 0.1) is 11.2 Å². The van der Waals surface area contributed by atoms with Crippen LogP contribution in [0.15, 0.2) is 152 Å². The minimum absolute atomic E-state index is 0. The molecule has 1 saturated heterocycles. The summed E-state index contributed by atoms with van der Waals surface area (Å²) in [5.74, 6) is 0. The van der Waals surface area contributed by atoms with Gasteiger partial charge < -0.3 is 19.3 Å². The van der Waals surface area contributed by atoms with E-state index in [1.165, 1.54) is 70.2 Å². The maximum absolute atomic E-state index is 6.18. The topological polar surface area (TPSA) is 44.2 Å². The van der Waals surface area contributed by atoms with Crippen LogP contribution in [0.3, 0.4) is 0 Å². The third-order valence-corrected chi connectivity index (χ3v) is 11.7. The maximum Gasteiger partial charge on any atom is 0.494 e. The van der Waals surface area contributed by atoms with Crippen LogP contribution in [0.5, 0.6) is 0 Å². The molecule has 1 aliphatic heterocycles. The van der Waals surface area contributed by atoms with Crippen LogP contribution in [0, 0.1) is 26.0 Å². The van der Waals surface area contributed by atoms with Gasteiger partial charge in [0.15, 0.2) is 0 Å². The fourth-order valence-electron chi connectivity index (χ4n) is 7.36. The number of aryl methyl sites for hydroxylation is 4. The van der Waals surface area contributed by atoms with Gasteiger partial charge in [-0.25, -0.2) is 0 Å². The Kier molecular flexibility index (Phi) is 15.3. The van der Waals surface area contributed by atoms with E-state index < -0.39 is 0 Å². The third kappa shape index (κ3) is 11.4. The standard InChI is InChI=1S/C35H39BNO2.C19H16N.Ir/c1-34(2)35(3,4)39-36(38-34)32-23-19-28(20-24-32)13-8-6-5-7-12-27-17-21-29(22-18-27)30-14-11-15-31(26-30)33-16-9-10-25-37-33;1-14-9-10-15(2)18(12-14)16-6-5-7-17(13-16)19-8-3-4-11-20-19;/h9-11,14,16-26H,5-8,12-13H2,1-4H3;3-6,8-13H,1-2H3;/q2*-1;. The normalized spacial score (nSPS) is 13.9. The van der Waals surface area contributed by atoms with E-state index in [2.05, 4.69) is 155 Å². The molecule has 1 fully saturated rings. The van der Waals surface area contributed by atoms with Gasteiger partial charge in [-0.05, 0) is 124 Å². The molecule has 8 rings (SSSR count). The number of aromatic nitrogens is 2. The quantitative estimate of drug-likeness (QED) is 0.0695. The van der Waals surface area contributed by atoms with E-state index in [0.717, 1.165) is 40.8 Å². The Morgan fingerprint density at radius 1 is 0.533 bits per heavy atom. The number of benzene rings is 5. The van der Waals surface area contributed by atoms with Crippen molar-refractivity contribution in [2.24, 2.45) is 0 Å². The molecule has 4 nitrogen and oxygen atoms in total. The van der Waals surface area contributed by atoms with Crippen molar-refractivity contribution in [1.29, 1.82) is 0 Å². The van der Waals surface area contributed by atoms with Crippen LogP contribution >= 0.6 is 0 Å². The van der Waals surface area contributed by atoms with Crippen LogP contribution in [0.1, 0.15) is 75.6 Å². The molecular formula is C54H55BIrN2O2-2. The second kappa shape index (κ2) is 20.5. The van der Waals surface area contributed by atoms with Crippen molar-refractivity contribution in [1.82, 2.24) is 9.97 Å². The van der Waals surface area contributed by atoms with E-state index in [0.29, 0.717) is 0 Å². The Labute approximate surface area is 372 Å². The van der Waals surface area contributed by atoms with Crippen molar-refractivity contribution in [3.8, 4) is 44.8 Å². The summed E-state index contributed by atoms with van der Waals surface area (Å²) in [6.07, 6.45) is 10.9.